The molecule has 1 aliphatic heterocycles. The summed E-state index contributed by atoms with van der Waals surface area (Å²) in [6.07, 6.45) is 4.93. The Morgan fingerprint density at radius 1 is 1.40 bits per heavy atom. The van der Waals surface area contributed by atoms with Gasteiger partial charge in [0.05, 0.1) is 0 Å². The summed E-state index contributed by atoms with van der Waals surface area (Å²) in [7, 11) is 4.26. The molecule has 1 saturated heterocycles. The second-order valence-electron chi connectivity index (χ2n) is 4.05. The zero-order valence-corrected chi connectivity index (χ0v) is 11.2. The summed E-state index contributed by atoms with van der Waals surface area (Å²) in [6, 6.07) is 0.632. The van der Waals surface area contributed by atoms with Crippen LogP contribution in [0.4, 0.5) is 5.95 Å². The van der Waals surface area contributed by atoms with Gasteiger partial charge in [-0.05, 0) is 43.1 Å². The minimum absolute atomic E-state index is 0.632. The van der Waals surface area contributed by atoms with E-state index in [1.807, 2.05) is 12.4 Å². The molecule has 15 heavy (non-hydrogen) atoms. The van der Waals surface area contributed by atoms with Gasteiger partial charge in [0.1, 0.15) is 0 Å². The highest BCUT2D eigenvalue weighted by molar-refractivity contribution is 14.1. The van der Waals surface area contributed by atoms with Crippen molar-refractivity contribution in [2.75, 3.05) is 32.1 Å². The van der Waals surface area contributed by atoms with Gasteiger partial charge in [-0.2, -0.15) is 0 Å². The molecule has 5 heteroatoms. The van der Waals surface area contributed by atoms with Crippen LogP contribution in [0.15, 0.2) is 12.4 Å². The molecule has 1 aromatic heterocycles. The quantitative estimate of drug-likeness (QED) is 0.768. The zero-order chi connectivity index (χ0) is 10.8. The number of hydrogen-bond acceptors (Lipinski definition) is 4. The molecule has 0 bridgehead atoms. The molecule has 4 nitrogen and oxygen atoms in total. The van der Waals surface area contributed by atoms with E-state index in [-0.39, 0.29) is 0 Å². The maximum atomic E-state index is 4.34. The lowest BCUT2D eigenvalue weighted by atomic mass is 10.2. The van der Waals surface area contributed by atoms with E-state index in [2.05, 4.69) is 56.5 Å². The summed E-state index contributed by atoms with van der Waals surface area (Å²) in [5, 5.41) is 0. The van der Waals surface area contributed by atoms with Crippen LogP contribution in [0.5, 0.6) is 0 Å². The van der Waals surface area contributed by atoms with Gasteiger partial charge in [-0.25, -0.2) is 9.97 Å². The predicted octanol–water partition coefficient (Wildman–Crippen LogP) is 1.22. The first-order valence-electron chi connectivity index (χ1n) is 5.06. The largest absolute Gasteiger partial charge is 0.339 e. The Kier molecular flexibility index (Phi) is 3.40. The van der Waals surface area contributed by atoms with Crippen LogP contribution in [-0.2, 0) is 0 Å². The van der Waals surface area contributed by atoms with Gasteiger partial charge >= 0.3 is 0 Å². The predicted molar refractivity (Wildman–Crippen MR) is 69.1 cm³/mol. The standard InChI is InChI=1S/C10H15IN4/c1-14(2)9-3-4-15(7-9)10-12-5-8(11)6-13-10/h5-6,9H,3-4,7H2,1-2H3. The molecule has 1 atom stereocenters. The second kappa shape index (κ2) is 4.61. The molecule has 1 fully saturated rings. The van der Waals surface area contributed by atoms with Crippen molar-refractivity contribution in [3.05, 3.63) is 16.0 Å². The molecule has 0 amide bonds. The SMILES string of the molecule is CN(C)C1CCN(c2ncc(I)cn2)C1. The van der Waals surface area contributed by atoms with Crippen LogP contribution in [0.2, 0.25) is 0 Å². The number of aromatic nitrogens is 2. The zero-order valence-electron chi connectivity index (χ0n) is 9.02. The maximum Gasteiger partial charge on any atom is 0.225 e. The van der Waals surface area contributed by atoms with E-state index in [1.54, 1.807) is 0 Å². The van der Waals surface area contributed by atoms with Crippen molar-refractivity contribution in [3.63, 3.8) is 0 Å². The number of nitrogens with zero attached hydrogens (tertiary/aromatic N) is 4. The van der Waals surface area contributed by atoms with E-state index in [0.717, 1.165) is 22.6 Å². The number of likely N-dealkylation sites (N-methyl/N-ethyl adjacent to an activating group) is 1. The van der Waals surface area contributed by atoms with Gasteiger partial charge < -0.3 is 9.80 Å². The smallest absolute Gasteiger partial charge is 0.225 e. The Hall–Kier alpha value is -0.430. The molecule has 1 unspecified atom stereocenters. The molecular weight excluding hydrogens is 303 g/mol. The van der Waals surface area contributed by atoms with Crippen molar-refractivity contribution >= 4 is 28.5 Å². The molecule has 2 heterocycles. The number of hydrogen-bond donors (Lipinski definition) is 0. The van der Waals surface area contributed by atoms with Gasteiger partial charge in [-0.15, -0.1) is 0 Å². The first-order chi connectivity index (χ1) is 7.16. The van der Waals surface area contributed by atoms with Crippen molar-refractivity contribution < 1.29 is 0 Å². The summed E-state index contributed by atoms with van der Waals surface area (Å²) in [5.41, 5.74) is 0. The normalized spacial score (nSPS) is 21.3. The van der Waals surface area contributed by atoms with Crippen molar-refractivity contribution in [1.82, 2.24) is 14.9 Å². The first kappa shape index (κ1) is 11.1. The van der Waals surface area contributed by atoms with Crippen molar-refractivity contribution in [2.24, 2.45) is 0 Å². The van der Waals surface area contributed by atoms with E-state index in [1.165, 1.54) is 6.42 Å². The fourth-order valence-electron chi connectivity index (χ4n) is 1.81. The molecule has 0 N–H and O–H groups in total. The lowest BCUT2D eigenvalue weighted by Gasteiger charge is -2.20. The fourth-order valence-corrected chi connectivity index (χ4v) is 2.09. The van der Waals surface area contributed by atoms with Crippen molar-refractivity contribution in [2.45, 2.75) is 12.5 Å². The van der Waals surface area contributed by atoms with Crippen LogP contribution in [0.3, 0.4) is 0 Å². The summed E-state index contributed by atoms with van der Waals surface area (Å²) in [6.45, 7) is 2.09. The fraction of sp³-hybridized carbons (Fsp3) is 0.600. The number of rotatable bonds is 2. The molecular formula is C10H15IN4. The first-order valence-corrected chi connectivity index (χ1v) is 6.13. The maximum absolute atomic E-state index is 4.34. The van der Waals surface area contributed by atoms with E-state index < -0.39 is 0 Å². The number of halogens is 1. The van der Waals surface area contributed by atoms with Gasteiger partial charge in [0, 0.05) is 35.1 Å². The average Bonchev–Trinajstić information content (AvgIpc) is 2.68. The van der Waals surface area contributed by atoms with E-state index in [4.69, 9.17) is 0 Å². The molecule has 0 aromatic carbocycles. The summed E-state index contributed by atoms with van der Waals surface area (Å²) < 4.78 is 1.08. The highest BCUT2D eigenvalue weighted by Gasteiger charge is 2.25. The molecule has 2 rings (SSSR count). The van der Waals surface area contributed by atoms with Crippen molar-refractivity contribution in [1.29, 1.82) is 0 Å². The summed E-state index contributed by atoms with van der Waals surface area (Å²) in [4.78, 5) is 13.2. The van der Waals surface area contributed by atoms with Crippen LogP contribution in [0.25, 0.3) is 0 Å². The van der Waals surface area contributed by atoms with E-state index in [0.29, 0.717) is 6.04 Å². The van der Waals surface area contributed by atoms with Gasteiger partial charge in [-0.1, -0.05) is 0 Å². The summed E-state index contributed by atoms with van der Waals surface area (Å²) in [5.74, 6) is 0.861. The molecule has 1 aromatic rings. The third-order valence-electron chi connectivity index (χ3n) is 2.78. The number of anilines is 1. The van der Waals surface area contributed by atoms with Crippen LogP contribution in [0.1, 0.15) is 6.42 Å². The Bertz CT molecular complexity index is 325. The lowest BCUT2D eigenvalue weighted by Crippen LogP contribution is -2.32. The van der Waals surface area contributed by atoms with Crippen LogP contribution >= 0.6 is 22.6 Å². The molecule has 0 radical (unpaired) electrons. The minimum Gasteiger partial charge on any atom is -0.339 e. The van der Waals surface area contributed by atoms with Crippen LogP contribution in [0, 0.1) is 3.57 Å². The Labute approximate surface area is 104 Å². The molecule has 0 saturated carbocycles. The van der Waals surface area contributed by atoms with Gasteiger partial charge in [0.15, 0.2) is 0 Å². The topological polar surface area (TPSA) is 32.3 Å². The second-order valence-corrected chi connectivity index (χ2v) is 5.30. The minimum atomic E-state index is 0.632. The third-order valence-corrected chi connectivity index (χ3v) is 3.34. The molecule has 1 aliphatic rings. The molecule has 0 spiro atoms. The van der Waals surface area contributed by atoms with Gasteiger partial charge in [0.25, 0.3) is 0 Å². The third kappa shape index (κ3) is 2.57. The monoisotopic (exact) mass is 318 g/mol. The lowest BCUT2D eigenvalue weighted by molar-refractivity contribution is 0.315. The Morgan fingerprint density at radius 2 is 2.07 bits per heavy atom. The van der Waals surface area contributed by atoms with Gasteiger partial charge in [0.2, 0.25) is 5.95 Å². The average molecular weight is 318 g/mol. The summed E-state index contributed by atoms with van der Waals surface area (Å²) >= 11 is 2.22. The Balaban J connectivity index is 2.04. The van der Waals surface area contributed by atoms with Gasteiger partial charge in [-0.3, -0.25) is 0 Å². The van der Waals surface area contributed by atoms with E-state index >= 15 is 0 Å². The van der Waals surface area contributed by atoms with Crippen molar-refractivity contribution in [3.8, 4) is 0 Å². The van der Waals surface area contributed by atoms with Crippen LogP contribution < -0.4 is 4.90 Å². The molecule has 0 aliphatic carbocycles. The highest BCUT2D eigenvalue weighted by atomic mass is 127. The van der Waals surface area contributed by atoms with Crippen LogP contribution in [-0.4, -0.2) is 48.1 Å². The highest BCUT2D eigenvalue weighted by Crippen LogP contribution is 2.18. The molecule has 82 valence electrons. The Morgan fingerprint density at radius 3 is 2.60 bits per heavy atom. The van der Waals surface area contributed by atoms with E-state index in [9.17, 15) is 0 Å².